The molecule has 0 aliphatic carbocycles. The van der Waals surface area contributed by atoms with Gasteiger partial charge in [-0.25, -0.2) is 4.98 Å². The summed E-state index contributed by atoms with van der Waals surface area (Å²) in [5, 5.41) is 13.2. The molecule has 2 rings (SSSR count). The standard InChI is InChI=1S/C32H45N7O6/c1-8-22(27(40)32(45)35-21-12-10-9-11-13-21)36-28(41)23(16-18(2)3)37-30(43)25(19(4)5)39-31(44)26(20(6)7)38-29(42)24-17-33-14-15-34-24/h9-15,17-20,22-23,25-26H,8,16H2,1-7H3,(H,35,45)(H,36,41)(H,37,43)(H,38,42)(H,39,44)/t22-,23-,25-,26-/m0/s1. The molecule has 0 spiro atoms. The monoisotopic (exact) mass is 623 g/mol. The smallest absolute Gasteiger partial charge is 0.293 e. The maximum absolute atomic E-state index is 13.5. The number of benzene rings is 1. The zero-order chi connectivity index (χ0) is 33.7. The fourth-order valence-electron chi connectivity index (χ4n) is 4.41. The number of rotatable bonds is 16. The van der Waals surface area contributed by atoms with Gasteiger partial charge in [-0.05, 0) is 42.7 Å². The summed E-state index contributed by atoms with van der Waals surface area (Å²) in [6, 6.07) is 4.28. The number of amides is 5. The Hall–Kier alpha value is -4.68. The minimum atomic E-state index is -1.11. The first-order valence-electron chi connectivity index (χ1n) is 15.1. The van der Waals surface area contributed by atoms with Crippen LogP contribution >= 0.6 is 0 Å². The Bertz CT molecular complexity index is 1320. The molecule has 5 amide bonds. The average Bonchev–Trinajstić information content (AvgIpc) is 3.00. The van der Waals surface area contributed by atoms with Crippen LogP contribution in [-0.4, -0.2) is 69.5 Å². The lowest BCUT2D eigenvalue weighted by Crippen LogP contribution is -2.60. The number of hydrogen-bond donors (Lipinski definition) is 5. The van der Waals surface area contributed by atoms with Gasteiger partial charge in [0, 0.05) is 18.1 Å². The second kappa shape index (κ2) is 17.6. The van der Waals surface area contributed by atoms with Crippen molar-refractivity contribution in [3.8, 4) is 0 Å². The molecule has 13 nitrogen and oxygen atoms in total. The lowest BCUT2D eigenvalue weighted by Gasteiger charge is -2.29. The van der Waals surface area contributed by atoms with Crippen molar-refractivity contribution in [2.24, 2.45) is 17.8 Å². The fraction of sp³-hybridized carbons (Fsp3) is 0.500. The van der Waals surface area contributed by atoms with Crippen molar-refractivity contribution in [1.29, 1.82) is 0 Å². The molecule has 0 saturated heterocycles. The number of carbonyl (C=O) groups is 6. The van der Waals surface area contributed by atoms with E-state index in [2.05, 4.69) is 36.6 Å². The molecule has 1 aromatic heterocycles. The molecule has 0 bridgehead atoms. The quantitative estimate of drug-likeness (QED) is 0.176. The number of aromatic nitrogens is 2. The van der Waals surface area contributed by atoms with Crippen molar-refractivity contribution < 1.29 is 28.8 Å². The molecule has 45 heavy (non-hydrogen) atoms. The molecule has 1 aromatic carbocycles. The van der Waals surface area contributed by atoms with Crippen LogP contribution in [0.25, 0.3) is 0 Å². The van der Waals surface area contributed by atoms with E-state index in [4.69, 9.17) is 0 Å². The first-order chi connectivity index (χ1) is 21.2. The second-order valence-corrected chi connectivity index (χ2v) is 11.9. The summed E-state index contributed by atoms with van der Waals surface area (Å²) in [5.74, 6) is -4.83. The van der Waals surface area contributed by atoms with Crippen LogP contribution in [0.2, 0.25) is 0 Å². The number of para-hydroxylation sites is 1. The topological polar surface area (TPSA) is 188 Å². The molecule has 4 atom stereocenters. The summed E-state index contributed by atoms with van der Waals surface area (Å²) in [6.45, 7) is 12.4. The Morgan fingerprint density at radius 3 is 1.82 bits per heavy atom. The molecule has 0 aliphatic rings. The lowest BCUT2D eigenvalue weighted by molar-refractivity contribution is -0.138. The van der Waals surface area contributed by atoms with E-state index >= 15 is 0 Å². The number of nitrogens with one attached hydrogen (secondary N) is 5. The van der Waals surface area contributed by atoms with E-state index in [-0.39, 0.29) is 36.3 Å². The molecule has 1 heterocycles. The third-order valence-electron chi connectivity index (χ3n) is 6.92. The fourth-order valence-corrected chi connectivity index (χ4v) is 4.41. The van der Waals surface area contributed by atoms with E-state index < -0.39 is 59.5 Å². The maximum Gasteiger partial charge on any atom is 0.293 e. The van der Waals surface area contributed by atoms with Crippen molar-refractivity contribution in [2.45, 2.75) is 85.5 Å². The van der Waals surface area contributed by atoms with Crippen molar-refractivity contribution in [3.05, 3.63) is 54.6 Å². The van der Waals surface area contributed by atoms with E-state index in [1.54, 1.807) is 65.0 Å². The minimum absolute atomic E-state index is 0.0214. The summed E-state index contributed by atoms with van der Waals surface area (Å²) in [4.78, 5) is 86.2. The maximum atomic E-state index is 13.5. The van der Waals surface area contributed by atoms with Gasteiger partial charge in [-0.1, -0.05) is 66.7 Å². The van der Waals surface area contributed by atoms with Crippen molar-refractivity contribution in [1.82, 2.24) is 31.2 Å². The number of Topliss-reactive ketones (excluding diaryl/α,β-unsaturated/α-hetero) is 1. The van der Waals surface area contributed by atoms with Crippen molar-refractivity contribution in [3.63, 3.8) is 0 Å². The molecule has 0 fully saturated rings. The highest BCUT2D eigenvalue weighted by atomic mass is 16.2. The van der Waals surface area contributed by atoms with E-state index in [1.165, 1.54) is 18.6 Å². The highest BCUT2D eigenvalue weighted by Crippen LogP contribution is 2.12. The largest absolute Gasteiger partial charge is 0.344 e. The van der Waals surface area contributed by atoms with Gasteiger partial charge in [-0.3, -0.25) is 33.8 Å². The van der Waals surface area contributed by atoms with Crippen LogP contribution in [-0.2, 0) is 24.0 Å². The SMILES string of the molecule is CC[C@H](NC(=O)[C@H](CC(C)C)NC(=O)[C@@H](NC(=O)[C@@H](NC(=O)c1cnccn1)C(C)C)C(C)C)C(=O)C(=O)Nc1ccccc1. The summed E-state index contributed by atoms with van der Waals surface area (Å²) < 4.78 is 0. The van der Waals surface area contributed by atoms with Gasteiger partial charge >= 0.3 is 0 Å². The van der Waals surface area contributed by atoms with E-state index in [0.29, 0.717) is 5.69 Å². The molecule has 5 N–H and O–H groups in total. The van der Waals surface area contributed by atoms with E-state index in [9.17, 15) is 28.8 Å². The third-order valence-corrected chi connectivity index (χ3v) is 6.92. The second-order valence-electron chi connectivity index (χ2n) is 11.9. The number of nitrogens with zero attached hydrogens (tertiary/aromatic N) is 2. The Labute approximate surface area is 264 Å². The van der Waals surface area contributed by atoms with Crippen LogP contribution in [0.3, 0.4) is 0 Å². The summed E-state index contributed by atoms with van der Waals surface area (Å²) in [6.07, 6.45) is 4.45. The summed E-state index contributed by atoms with van der Waals surface area (Å²) in [5.41, 5.74) is 0.481. The van der Waals surface area contributed by atoms with Gasteiger partial charge in [-0.15, -0.1) is 0 Å². The molecular formula is C32H45N7O6. The number of anilines is 1. The number of hydrogen-bond acceptors (Lipinski definition) is 8. The molecule has 2 aromatic rings. The van der Waals surface area contributed by atoms with Crippen LogP contribution in [0.15, 0.2) is 48.9 Å². The molecular weight excluding hydrogens is 578 g/mol. The lowest BCUT2D eigenvalue weighted by atomic mass is 9.98. The Morgan fingerprint density at radius 2 is 1.29 bits per heavy atom. The molecule has 0 radical (unpaired) electrons. The van der Waals surface area contributed by atoms with Gasteiger partial charge in [0.25, 0.3) is 11.8 Å². The molecule has 13 heteroatoms. The predicted octanol–water partition coefficient (Wildman–Crippen LogP) is 2.01. The highest BCUT2D eigenvalue weighted by Gasteiger charge is 2.34. The molecule has 0 saturated carbocycles. The molecule has 0 unspecified atom stereocenters. The van der Waals surface area contributed by atoms with Gasteiger partial charge in [0.05, 0.1) is 12.2 Å². The number of carbonyl (C=O) groups excluding carboxylic acids is 6. The van der Waals surface area contributed by atoms with Crippen molar-refractivity contribution in [2.75, 3.05) is 5.32 Å². The Balaban J connectivity index is 2.14. The van der Waals surface area contributed by atoms with Crippen LogP contribution in [0, 0.1) is 17.8 Å². The van der Waals surface area contributed by atoms with E-state index in [1.807, 2.05) is 13.8 Å². The van der Waals surface area contributed by atoms with Gasteiger partial charge in [0.1, 0.15) is 23.8 Å². The Morgan fingerprint density at radius 1 is 0.711 bits per heavy atom. The van der Waals surface area contributed by atoms with Crippen LogP contribution in [0.5, 0.6) is 0 Å². The van der Waals surface area contributed by atoms with Gasteiger partial charge in [0.15, 0.2) is 0 Å². The molecule has 0 aliphatic heterocycles. The zero-order valence-electron chi connectivity index (χ0n) is 26.9. The predicted molar refractivity (Wildman–Crippen MR) is 169 cm³/mol. The van der Waals surface area contributed by atoms with E-state index in [0.717, 1.165) is 0 Å². The summed E-state index contributed by atoms with van der Waals surface area (Å²) >= 11 is 0. The first-order valence-corrected chi connectivity index (χ1v) is 15.1. The van der Waals surface area contributed by atoms with Gasteiger partial charge in [0.2, 0.25) is 23.5 Å². The molecule has 244 valence electrons. The highest BCUT2D eigenvalue weighted by molar-refractivity contribution is 6.42. The van der Waals surface area contributed by atoms with Gasteiger partial charge < -0.3 is 26.6 Å². The first kappa shape index (κ1) is 36.5. The third kappa shape index (κ3) is 11.4. The van der Waals surface area contributed by atoms with Crippen molar-refractivity contribution >= 4 is 41.0 Å². The normalized spacial score (nSPS) is 13.7. The zero-order valence-corrected chi connectivity index (χ0v) is 26.9. The summed E-state index contributed by atoms with van der Waals surface area (Å²) in [7, 11) is 0. The van der Waals surface area contributed by atoms with Crippen LogP contribution in [0.1, 0.15) is 71.8 Å². The minimum Gasteiger partial charge on any atom is -0.344 e. The van der Waals surface area contributed by atoms with Crippen LogP contribution in [0.4, 0.5) is 5.69 Å². The number of ketones is 1. The van der Waals surface area contributed by atoms with Crippen LogP contribution < -0.4 is 26.6 Å². The Kier molecular flexibility index (Phi) is 14.3. The van der Waals surface area contributed by atoms with Gasteiger partial charge in [-0.2, -0.15) is 0 Å². The average molecular weight is 624 g/mol.